The van der Waals surface area contributed by atoms with Crippen molar-refractivity contribution in [2.45, 2.75) is 50.0 Å². The van der Waals surface area contributed by atoms with Crippen LogP contribution in [0.4, 0.5) is 0 Å². The average Bonchev–Trinajstić information content (AvgIpc) is 3.08. The number of hydrogen-bond donors (Lipinski definition) is 1. The van der Waals surface area contributed by atoms with Gasteiger partial charge in [0.2, 0.25) is 11.7 Å². The summed E-state index contributed by atoms with van der Waals surface area (Å²) in [5.74, 6) is 2.83. The highest BCUT2D eigenvalue weighted by Crippen LogP contribution is 2.40. The zero-order valence-electron chi connectivity index (χ0n) is 14.2. The molecular weight excluding hydrogens is 354 g/mol. The summed E-state index contributed by atoms with van der Waals surface area (Å²) < 4.78 is 10.8. The Morgan fingerprint density at radius 1 is 1.00 bits per heavy atom. The van der Waals surface area contributed by atoms with Crippen LogP contribution in [-0.2, 0) is 5.54 Å². The number of rotatable bonds is 4. The van der Waals surface area contributed by atoms with Crippen molar-refractivity contribution >= 4 is 12.4 Å². The topological polar surface area (TPSA) is 104 Å². The van der Waals surface area contributed by atoms with E-state index in [0.29, 0.717) is 23.5 Å². The standard InChI is InChI=1S/C18H19N5O2.ClH/c19-18(8-1-2-9-18)17-21-16(25-23-17)13-5-3-4-12(10-13)14-20-15(24-22-14)11-6-7-11;/h3-5,10-11H,1-2,6-9,19H2;1H. The van der Waals surface area contributed by atoms with E-state index in [1.807, 2.05) is 24.3 Å². The summed E-state index contributed by atoms with van der Waals surface area (Å²) in [7, 11) is 0. The summed E-state index contributed by atoms with van der Waals surface area (Å²) in [6.07, 6.45) is 6.28. The number of aromatic nitrogens is 4. The molecule has 2 heterocycles. The van der Waals surface area contributed by atoms with Crippen molar-refractivity contribution in [1.82, 2.24) is 20.3 Å². The highest BCUT2D eigenvalue weighted by atomic mass is 35.5. The van der Waals surface area contributed by atoms with Crippen LogP contribution in [0.3, 0.4) is 0 Å². The lowest BCUT2D eigenvalue weighted by Gasteiger charge is -2.17. The van der Waals surface area contributed by atoms with E-state index in [2.05, 4.69) is 20.3 Å². The Bertz CT molecular complexity index is 912. The molecule has 2 aliphatic rings. The first-order valence-corrected chi connectivity index (χ1v) is 8.79. The van der Waals surface area contributed by atoms with Gasteiger partial charge in [-0.15, -0.1) is 12.4 Å². The lowest BCUT2D eigenvalue weighted by atomic mass is 9.98. The molecule has 0 aliphatic heterocycles. The maximum atomic E-state index is 6.41. The Kier molecular flexibility index (Phi) is 4.28. The number of benzene rings is 1. The molecule has 0 radical (unpaired) electrons. The van der Waals surface area contributed by atoms with Gasteiger partial charge in [-0.25, -0.2) is 0 Å². The molecule has 0 atom stereocenters. The van der Waals surface area contributed by atoms with Gasteiger partial charge in [0.05, 0.1) is 5.54 Å². The number of hydrogen-bond acceptors (Lipinski definition) is 7. The Balaban J connectivity index is 0.00000168. The second-order valence-electron chi connectivity index (χ2n) is 7.10. The quantitative estimate of drug-likeness (QED) is 0.741. The van der Waals surface area contributed by atoms with E-state index in [-0.39, 0.29) is 12.4 Å². The van der Waals surface area contributed by atoms with Gasteiger partial charge < -0.3 is 14.8 Å². The van der Waals surface area contributed by atoms with Crippen LogP contribution in [0.15, 0.2) is 33.3 Å². The first kappa shape index (κ1) is 17.2. The summed E-state index contributed by atoms with van der Waals surface area (Å²) in [6.45, 7) is 0. The zero-order valence-corrected chi connectivity index (χ0v) is 15.0. The van der Waals surface area contributed by atoms with Gasteiger partial charge in [-0.2, -0.15) is 9.97 Å². The molecule has 8 heteroatoms. The minimum Gasteiger partial charge on any atom is -0.339 e. The summed E-state index contributed by atoms with van der Waals surface area (Å²) in [5.41, 5.74) is 7.66. The Morgan fingerprint density at radius 2 is 1.77 bits per heavy atom. The SMILES string of the molecule is Cl.NC1(c2noc(-c3cccc(-c4noc(C5CC5)n4)c3)n2)CCCC1. The Morgan fingerprint density at radius 3 is 2.54 bits per heavy atom. The van der Waals surface area contributed by atoms with Gasteiger partial charge in [-0.3, -0.25) is 0 Å². The van der Waals surface area contributed by atoms with Crippen LogP contribution < -0.4 is 5.73 Å². The molecule has 1 aromatic carbocycles. The van der Waals surface area contributed by atoms with E-state index in [9.17, 15) is 0 Å². The third-order valence-electron chi connectivity index (χ3n) is 5.10. The third kappa shape index (κ3) is 3.01. The van der Waals surface area contributed by atoms with Gasteiger partial charge in [-0.05, 0) is 37.8 Å². The van der Waals surface area contributed by atoms with Crippen molar-refractivity contribution in [2.24, 2.45) is 5.73 Å². The van der Waals surface area contributed by atoms with E-state index in [0.717, 1.165) is 55.5 Å². The van der Waals surface area contributed by atoms with Crippen LogP contribution in [0.1, 0.15) is 56.2 Å². The normalized spacial score (nSPS) is 18.7. The van der Waals surface area contributed by atoms with E-state index in [4.69, 9.17) is 14.8 Å². The van der Waals surface area contributed by atoms with Crippen molar-refractivity contribution in [3.05, 3.63) is 36.0 Å². The fourth-order valence-corrected chi connectivity index (χ4v) is 3.41. The highest BCUT2D eigenvalue weighted by molar-refractivity contribution is 5.85. The van der Waals surface area contributed by atoms with E-state index in [1.165, 1.54) is 0 Å². The molecule has 2 fully saturated rings. The van der Waals surface area contributed by atoms with E-state index >= 15 is 0 Å². The van der Waals surface area contributed by atoms with Crippen LogP contribution in [0.25, 0.3) is 22.8 Å². The lowest BCUT2D eigenvalue weighted by molar-refractivity contribution is 0.372. The molecule has 2 aliphatic carbocycles. The van der Waals surface area contributed by atoms with Crippen LogP contribution >= 0.6 is 12.4 Å². The first-order valence-electron chi connectivity index (χ1n) is 8.79. The third-order valence-corrected chi connectivity index (χ3v) is 5.10. The number of halogens is 1. The molecule has 0 saturated heterocycles. The molecule has 2 aromatic heterocycles. The molecule has 3 aromatic rings. The molecule has 0 amide bonds. The van der Waals surface area contributed by atoms with Crippen molar-refractivity contribution < 1.29 is 9.05 Å². The summed E-state index contributed by atoms with van der Waals surface area (Å²) in [4.78, 5) is 9.04. The fraction of sp³-hybridized carbons (Fsp3) is 0.444. The molecule has 26 heavy (non-hydrogen) atoms. The summed E-state index contributed by atoms with van der Waals surface area (Å²) in [5, 5.41) is 8.21. The van der Waals surface area contributed by atoms with Gasteiger partial charge in [0.15, 0.2) is 5.82 Å². The number of nitrogens with zero attached hydrogens (tertiary/aromatic N) is 4. The molecule has 0 unspecified atom stereocenters. The average molecular weight is 374 g/mol. The predicted octanol–water partition coefficient (Wildman–Crippen LogP) is 3.81. The highest BCUT2D eigenvalue weighted by Gasteiger charge is 2.36. The Hall–Kier alpha value is -2.25. The molecule has 5 rings (SSSR count). The van der Waals surface area contributed by atoms with Gasteiger partial charge in [-0.1, -0.05) is 35.3 Å². The monoisotopic (exact) mass is 373 g/mol. The summed E-state index contributed by atoms with van der Waals surface area (Å²) in [6, 6.07) is 7.75. The first-order chi connectivity index (χ1) is 12.2. The second-order valence-corrected chi connectivity index (χ2v) is 7.10. The molecule has 7 nitrogen and oxygen atoms in total. The van der Waals surface area contributed by atoms with Crippen LogP contribution in [0.2, 0.25) is 0 Å². The zero-order chi connectivity index (χ0) is 16.9. The molecule has 0 bridgehead atoms. The van der Waals surface area contributed by atoms with Gasteiger partial charge in [0, 0.05) is 17.0 Å². The van der Waals surface area contributed by atoms with Crippen LogP contribution in [0, 0.1) is 0 Å². The van der Waals surface area contributed by atoms with Crippen molar-refractivity contribution in [3.63, 3.8) is 0 Å². The number of nitrogens with two attached hydrogens (primary N) is 1. The van der Waals surface area contributed by atoms with Gasteiger partial charge in [0.1, 0.15) is 0 Å². The lowest BCUT2D eigenvalue weighted by Crippen LogP contribution is -2.34. The molecule has 2 saturated carbocycles. The maximum Gasteiger partial charge on any atom is 0.258 e. The fourth-order valence-electron chi connectivity index (χ4n) is 3.41. The minimum atomic E-state index is -0.452. The summed E-state index contributed by atoms with van der Waals surface area (Å²) >= 11 is 0. The largest absolute Gasteiger partial charge is 0.339 e. The van der Waals surface area contributed by atoms with E-state index in [1.54, 1.807) is 0 Å². The molecular formula is C18H20ClN5O2. The molecule has 2 N–H and O–H groups in total. The maximum absolute atomic E-state index is 6.41. The Labute approximate surface area is 156 Å². The van der Waals surface area contributed by atoms with Crippen molar-refractivity contribution in [2.75, 3.05) is 0 Å². The van der Waals surface area contributed by atoms with Gasteiger partial charge >= 0.3 is 0 Å². The predicted molar refractivity (Wildman–Crippen MR) is 96.6 cm³/mol. The minimum absolute atomic E-state index is 0. The molecule has 136 valence electrons. The molecule has 0 spiro atoms. The smallest absolute Gasteiger partial charge is 0.258 e. The van der Waals surface area contributed by atoms with Crippen LogP contribution in [0.5, 0.6) is 0 Å². The second kappa shape index (κ2) is 6.48. The van der Waals surface area contributed by atoms with Crippen LogP contribution in [-0.4, -0.2) is 20.3 Å². The van der Waals surface area contributed by atoms with Crippen molar-refractivity contribution in [1.29, 1.82) is 0 Å². The van der Waals surface area contributed by atoms with Crippen molar-refractivity contribution in [3.8, 4) is 22.8 Å². The van der Waals surface area contributed by atoms with E-state index < -0.39 is 5.54 Å². The van der Waals surface area contributed by atoms with Gasteiger partial charge in [0.25, 0.3) is 5.89 Å².